The van der Waals surface area contributed by atoms with Gasteiger partial charge in [-0.2, -0.15) is 0 Å². The summed E-state index contributed by atoms with van der Waals surface area (Å²) in [6, 6.07) is 7.87. The van der Waals surface area contributed by atoms with Crippen molar-refractivity contribution < 1.29 is 4.79 Å². The SMILES string of the molecule is Cc1nc(NC2CC2)cc(C(=O)Nc2ccc(Br)c(C)c2)n1. The van der Waals surface area contributed by atoms with E-state index in [0.29, 0.717) is 23.4 Å². The highest BCUT2D eigenvalue weighted by molar-refractivity contribution is 9.10. The zero-order valence-corrected chi connectivity index (χ0v) is 14.1. The predicted octanol–water partition coefficient (Wildman–Crippen LogP) is 3.68. The molecule has 0 atom stereocenters. The summed E-state index contributed by atoms with van der Waals surface area (Å²) in [4.78, 5) is 20.9. The van der Waals surface area contributed by atoms with Gasteiger partial charge in [0.05, 0.1) is 0 Å². The summed E-state index contributed by atoms with van der Waals surface area (Å²) in [5.41, 5.74) is 2.18. The van der Waals surface area contributed by atoms with Crippen LogP contribution in [0.1, 0.15) is 34.7 Å². The van der Waals surface area contributed by atoms with Crippen LogP contribution in [0.2, 0.25) is 0 Å². The summed E-state index contributed by atoms with van der Waals surface area (Å²) in [6.45, 7) is 3.77. The van der Waals surface area contributed by atoms with E-state index in [9.17, 15) is 4.79 Å². The van der Waals surface area contributed by atoms with Crippen molar-refractivity contribution in [1.82, 2.24) is 9.97 Å². The lowest BCUT2D eigenvalue weighted by Crippen LogP contribution is -2.16. The molecule has 1 aliphatic rings. The van der Waals surface area contributed by atoms with Gasteiger partial charge in [0.1, 0.15) is 17.3 Å². The highest BCUT2D eigenvalue weighted by Crippen LogP contribution is 2.24. The predicted molar refractivity (Wildman–Crippen MR) is 90.2 cm³/mol. The molecule has 0 bridgehead atoms. The van der Waals surface area contributed by atoms with E-state index in [2.05, 4.69) is 36.5 Å². The average Bonchev–Trinajstić information content (AvgIpc) is 3.26. The van der Waals surface area contributed by atoms with Crippen LogP contribution in [0.4, 0.5) is 11.5 Å². The molecule has 114 valence electrons. The Morgan fingerprint density at radius 1 is 1.23 bits per heavy atom. The van der Waals surface area contributed by atoms with Crippen molar-refractivity contribution in [2.45, 2.75) is 32.7 Å². The molecule has 1 fully saturated rings. The monoisotopic (exact) mass is 360 g/mol. The maximum Gasteiger partial charge on any atom is 0.274 e. The van der Waals surface area contributed by atoms with Crippen LogP contribution in [0.5, 0.6) is 0 Å². The molecule has 1 heterocycles. The summed E-state index contributed by atoms with van der Waals surface area (Å²) in [7, 11) is 0. The number of halogens is 1. The molecule has 0 unspecified atom stereocenters. The number of amides is 1. The van der Waals surface area contributed by atoms with Crippen molar-refractivity contribution in [3.8, 4) is 0 Å². The highest BCUT2D eigenvalue weighted by atomic mass is 79.9. The Bertz CT molecular complexity index is 728. The van der Waals surface area contributed by atoms with Gasteiger partial charge in [-0.05, 0) is 50.5 Å². The molecule has 22 heavy (non-hydrogen) atoms. The van der Waals surface area contributed by atoms with Gasteiger partial charge in [0.2, 0.25) is 0 Å². The summed E-state index contributed by atoms with van der Waals surface area (Å²) in [6.07, 6.45) is 2.31. The van der Waals surface area contributed by atoms with Crippen LogP contribution in [-0.4, -0.2) is 21.9 Å². The number of hydrogen-bond acceptors (Lipinski definition) is 4. The quantitative estimate of drug-likeness (QED) is 0.872. The second kappa shape index (κ2) is 6.04. The summed E-state index contributed by atoms with van der Waals surface area (Å²) >= 11 is 3.45. The van der Waals surface area contributed by atoms with Gasteiger partial charge in [-0.25, -0.2) is 9.97 Å². The smallest absolute Gasteiger partial charge is 0.274 e. The fourth-order valence-corrected chi connectivity index (χ4v) is 2.36. The van der Waals surface area contributed by atoms with Gasteiger partial charge in [-0.1, -0.05) is 15.9 Å². The second-order valence-electron chi connectivity index (χ2n) is 5.52. The maximum absolute atomic E-state index is 12.4. The molecule has 3 rings (SSSR count). The van der Waals surface area contributed by atoms with E-state index in [0.717, 1.165) is 28.6 Å². The van der Waals surface area contributed by atoms with Crippen molar-refractivity contribution in [2.24, 2.45) is 0 Å². The Balaban J connectivity index is 1.78. The van der Waals surface area contributed by atoms with E-state index >= 15 is 0 Å². The zero-order chi connectivity index (χ0) is 15.7. The fourth-order valence-electron chi connectivity index (χ4n) is 2.11. The second-order valence-corrected chi connectivity index (χ2v) is 6.38. The molecule has 6 heteroatoms. The van der Waals surface area contributed by atoms with E-state index in [1.165, 1.54) is 0 Å². The number of nitrogens with one attached hydrogen (secondary N) is 2. The minimum atomic E-state index is -0.230. The molecule has 1 aromatic carbocycles. The van der Waals surface area contributed by atoms with E-state index < -0.39 is 0 Å². The Morgan fingerprint density at radius 2 is 2.00 bits per heavy atom. The molecule has 1 aliphatic carbocycles. The van der Waals surface area contributed by atoms with Crippen LogP contribution < -0.4 is 10.6 Å². The van der Waals surface area contributed by atoms with Gasteiger partial charge in [-0.3, -0.25) is 4.79 Å². The standard InChI is InChI=1S/C16H17BrN4O/c1-9-7-12(5-6-13(9)17)21-16(22)14-8-15(19-10(2)18-14)20-11-3-4-11/h5-8,11H,3-4H2,1-2H3,(H,21,22)(H,18,19,20). The zero-order valence-electron chi connectivity index (χ0n) is 12.5. The van der Waals surface area contributed by atoms with Gasteiger partial charge in [0.15, 0.2) is 0 Å². The normalized spacial score (nSPS) is 13.8. The number of hydrogen-bond donors (Lipinski definition) is 2. The van der Waals surface area contributed by atoms with Gasteiger partial charge >= 0.3 is 0 Å². The fraction of sp³-hybridized carbons (Fsp3) is 0.312. The first-order valence-electron chi connectivity index (χ1n) is 7.21. The van der Waals surface area contributed by atoms with Crippen LogP contribution in [0.15, 0.2) is 28.7 Å². The van der Waals surface area contributed by atoms with Crippen LogP contribution in [-0.2, 0) is 0 Å². The third kappa shape index (κ3) is 3.62. The van der Waals surface area contributed by atoms with Gasteiger partial charge in [-0.15, -0.1) is 0 Å². The van der Waals surface area contributed by atoms with Crippen molar-refractivity contribution in [3.63, 3.8) is 0 Å². The lowest BCUT2D eigenvalue weighted by molar-refractivity contribution is 0.102. The van der Waals surface area contributed by atoms with Crippen molar-refractivity contribution in [2.75, 3.05) is 10.6 Å². The molecular formula is C16H17BrN4O. The summed E-state index contributed by atoms with van der Waals surface area (Å²) < 4.78 is 1.01. The van der Waals surface area contributed by atoms with Crippen LogP contribution in [0.25, 0.3) is 0 Å². The van der Waals surface area contributed by atoms with Crippen LogP contribution >= 0.6 is 15.9 Å². The van der Waals surface area contributed by atoms with Crippen molar-refractivity contribution in [1.29, 1.82) is 0 Å². The number of anilines is 2. The molecule has 0 saturated heterocycles. The lowest BCUT2D eigenvalue weighted by Gasteiger charge is -2.09. The first-order valence-corrected chi connectivity index (χ1v) is 8.00. The molecule has 1 amide bonds. The number of aryl methyl sites for hydroxylation is 2. The molecule has 1 saturated carbocycles. The molecular weight excluding hydrogens is 344 g/mol. The third-order valence-corrected chi connectivity index (χ3v) is 4.31. The number of aromatic nitrogens is 2. The number of rotatable bonds is 4. The molecule has 1 aromatic heterocycles. The molecule has 0 aliphatic heterocycles. The van der Waals surface area contributed by atoms with Crippen LogP contribution in [0, 0.1) is 13.8 Å². The molecule has 0 spiro atoms. The molecule has 0 radical (unpaired) electrons. The highest BCUT2D eigenvalue weighted by Gasteiger charge is 2.22. The Hall–Kier alpha value is -1.95. The van der Waals surface area contributed by atoms with Gasteiger partial charge in [0.25, 0.3) is 5.91 Å². The number of nitrogens with zero attached hydrogens (tertiary/aromatic N) is 2. The Labute approximate surface area is 137 Å². The average molecular weight is 361 g/mol. The van der Waals surface area contributed by atoms with Crippen LogP contribution in [0.3, 0.4) is 0 Å². The lowest BCUT2D eigenvalue weighted by atomic mass is 10.2. The largest absolute Gasteiger partial charge is 0.367 e. The minimum Gasteiger partial charge on any atom is -0.367 e. The third-order valence-electron chi connectivity index (χ3n) is 3.42. The first-order chi connectivity index (χ1) is 10.5. The van der Waals surface area contributed by atoms with E-state index in [1.807, 2.05) is 25.1 Å². The van der Waals surface area contributed by atoms with E-state index in [1.54, 1.807) is 13.0 Å². The topological polar surface area (TPSA) is 66.9 Å². The van der Waals surface area contributed by atoms with Crippen molar-refractivity contribution in [3.05, 3.63) is 45.8 Å². The number of carbonyl (C=O) groups excluding carboxylic acids is 1. The van der Waals surface area contributed by atoms with Gasteiger partial charge in [0, 0.05) is 22.3 Å². The number of benzene rings is 1. The van der Waals surface area contributed by atoms with E-state index in [4.69, 9.17) is 0 Å². The van der Waals surface area contributed by atoms with E-state index in [-0.39, 0.29) is 5.91 Å². The molecule has 2 N–H and O–H groups in total. The Kier molecular flexibility index (Phi) is 4.11. The summed E-state index contributed by atoms with van der Waals surface area (Å²) in [5, 5.41) is 6.17. The maximum atomic E-state index is 12.4. The molecule has 2 aromatic rings. The van der Waals surface area contributed by atoms with Crippen molar-refractivity contribution >= 4 is 33.3 Å². The minimum absolute atomic E-state index is 0.230. The summed E-state index contributed by atoms with van der Waals surface area (Å²) in [5.74, 6) is 1.07. The molecule has 5 nitrogen and oxygen atoms in total. The number of carbonyl (C=O) groups is 1. The van der Waals surface area contributed by atoms with Gasteiger partial charge < -0.3 is 10.6 Å². The first kappa shape index (κ1) is 15.0. The Morgan fingerprint density at radius 3 is 2.68 bits per heavy atom.